The third kappa shape index (κ3) is 3.76. The zero-order valence-corrected chi connectivity index (χ0v) is 17.5. The molecule has 2 aromatic heterocycles. The lowest BCUT2D eigenvalue weighted by Crippen LogP contribution is -2.36. The van der Waals surface area contributed by atoms with Crippen LogP contribution in [0.1, 0.15) is 71.3 Å². The van der Waals surface area contributed by atoms with Crippen LogP contribution in [-0.4, -0.2) is 23.1 Å². The molecule has 0 radical (unpaired) electrons. The second-order valence-electron chi connectivity index (χ2n) is 8.25. The summed E-state index contributed by atoms with van der Waals surface area (Å²) in [7, 11) is 0. The number of benzene rings is 1. The molecule has 2 N–H and O–H groups in total. The molecule has 1 saturated carbocycles. The fraction of sp³-hybridized carbons (Fsp3) is 0.417. The molecular formula is C24H27N3OS. The number of aliphatic imine (C=N–C) groups is 1. The molecule has 5 rings (SSSR count). The number of nitrogens with zero attached hydrogens (tertiary/aromatic N) is 1. The van der Waals surface area contributed by atoms with E-state index in [-0.39, 0.29) is 5.91 Å². The van der Waals surface area contributed by atoms with E-state index in [9.17, 15) is 4.79 Å². The molecule has 3 aromatic rings. The molecule has 0 spiro atoms. The van der Waals surface area contributed by atoms with Crippen LogP contribution in [0, 0.1) is 0 Å². The van der Waals surface area contributed by atoms with Gasteiger partial charge in [-0.15, -0.1) is 11.3 Å². The minimum atomic E-state index is 0.0855. The fourth-order valence-electron chi connectivity index (χ4n) is 4.71. The Kier molecular flexibility index (Phi) is 5.23. The van der Waals surface area contributed by atoms with Crippen molar-refractivity contribution in [2.75, 3.05) is 0 Å². The molecule has 0 saturated heterocycles. The molecule has 2 heterocycles. The number of aromatic amines is 1. The Morgan fingerprint density at radius 1 is 1.10 bits per heavy atom. The molecule has 0 unspecified atom stereocenters. The van der Waals surface area contributed by atoms with Gasteiger partial charge in [0.25, 0.3) is 5.91 Å². The van der Waals surface area contributed by atoms with Crippen LogP contribution < -0.4 is 5.32 Å². The van der Waals surface area contributed by atoms with E-state index in [4.69, 9.17) is 4.99 Å². The van der Waals surface area contributed by atoms with E-state index in [1.807, 2.05) is 24.5 Å². The molecule has 0 atom stereocenters. The van der Waals surface area contributed by atoms with E-state index in [0.29, 0.717) is 6.04 Å². The number of aromatic nitrogens is 1. The highest BCUT2D eigenvalue weighted by Crippen LogP contribution is 2.40. The first kappa shape index (κ1) is 18.6. The molecular weight excluding hydrogens is 378 g/mol. The highest BCUT2D eigenvalue weighted by molar-refractivity contribution is 7.16. The predicted octanol–water partition coefficient (Wildman–Crippen LogP) is 5.92. The van der Waals surface area contributed by atoms with Crippen molar-refractivity contribution >= 4 is 39.4 Å². The van der Waals surface area contributed by atoms with E-state index in [1.54, 1.807) is 11.3 Å². The Balaban J connectivity index is 1.47. The Hall–Kier alpha value is -2.40. The van der Waals surface area contributed by atoms with Crippen LogP contribution in [0.2, 0.25) is 0 Å². The third-order valence-electron chi connectivity index (χ3n) is 6.26. The van der Waals surface area contributed by atoms with Gasteiger partial charge in [0.2, 0.25) is 0 Å². The summed E-state index contributed by atoms with van der Waals surface area (Å²) >= 11 is 1.71. The number of carbonyl (C=O) groups is 1. The molecule has 4 nitrogen and oxygen atoms in total. The summed E-state index contributed by atoms with van der Waals surface area (Å²) in [4.78, 5) is 22.7. The molecule has 1 fully saturated rings. The summed E-state index contributed by atoms with van der Waals surface area (Å²) < 4.78 is 0. The van der Waals surface area contributed by atoms with Crippen LogP contribution in [0.15, 0.2) is 35.5 Å². The maximum absolute atomic E-state index is 13.3. The van der Waals surface area contributed by atoms with Crippen LogP contribution in [0.3, 0.4) is 0 Å². The number of thiophene rings is 1. The number of para-hydroxylation sites is 1. The molecule has 5 heteroatoms. The zero-order valence-electron chi connectivity index (χ0n) is 16.7. The quantitative estimate of drug-likeness (QED) is 0.520. The maximum atomic E-state index is 13.3. The van der Waals surface area contributed by atoms with Crippen molar-refractivity contribution in [1.29, 1.82) is 0 Å². The molecule has 0 bridgehead atoms. The van der Waals surface area contributed by atoms with E-state index in [0.717, 1.165) is 52.7 Å². The first-order valence-corrected chi connectivity index (χ1v) is 11.7. The number of H-pyrrole nitrogens is 1. The number of amides is 1. The van der Waals surface area contributed by atoms with Crippen LogP contribution in [-0.2, 0) is 12.8 Å². The van der Waals surface area contributed by atoms with Gasteiger partial charge in [-0.3, -0.25) is 4.79 Å². The van der Waals surface area contributed by atoms with Crippen molar-refractivity contribution in [1.82, 2.24) is 10.3 Å². The summed E-state index contributed by atoms with van der Waals surface area (Å²) in [5, 5.41) is 5.35. The van der Waals surface area contributed by atoms with E-state index >= 15 is 0 Å². The van der Waals surface area contributed by atoms with Gasteiger partial charge >= 0.3 is 0 Å². The Morgan fingerprint density at radius 2 is 1.93 bits per heavy atom. The number of hydrogen-bond donors (Lipinski definition) is 2. The predicted molar refractivity (Wildman–Crippen MR) is 121 cm³/mol. The Labute approximate surface area is 175 Å². The highest BCUT2D eigenvalue weighted by Gasteiger charge is 2.27. The molecule has 1 aromatic carbocycles. The minimum absolute atomic E-state index is 0.0855. The van der Waals surface area contributed by atoms with Crippen molar-refractivity contribution in [3.63, 3.8) is 0 Å². The largest absolute Gasteiger partial charge is 0.361 e. The zero-order chi connectivity index (χ0) is 19.6. The Bertz CT molecular complexity index is 1060. The van der Waals surface area contributed by atoms with Crippen molar-refractivity contribution < 1.29 is 4.79 Å². The van der Waals surface area contributed by atoms with Gasteiger partial charge in [-0.2, -0.15) is 0 Å². The SMILES string of the molecule is O=C(NC1CCCCC1)c1c(/N=C/c2c[nH]c3ccccc23)sc2c1CCCC2. The van der Waals surface area contributed by atoms with Crippen LogP contribution >= 0.6 is 11.3 Å². The van der Waals surface area contributed by atoms with Gasteiger partial charge in [-0.25, -0.2) is 4.99 Å². The van der Waals surface area contributed by atoms with E-state index in [1.165, 1.54) is 42.5 Å². The van der Waals surface area contributed by atoms with Gasteiger partial charge < -0.3 is 10.3 Å². The average molecular weight is 406 g/mol. The standard InChI is InChI=1S/C24H27N3OS/c28-23(27-17-8-2-1-3-9-17)22-19-11-5-7-13-21(19)29-24(22)26-15-16-14-25-20-12-6-4-10-18(16)20/h4,6,10,12,14-15,17,25H,1-3,5,7-9,11,13H2,(H,27,28)/b26-15+. The third-order valence-corrected chi connectivity index (χ3v) is 7.46. The van der Waals surface area contributed by atoms with Gasteiger partial charge in [-0.05, 0) is 50.2 Å². The summed E-state index contributed by atoms with van der Waals surface area (Å²) in [6.07, 6.45) is 14.3. The summed E-state index contributed by atoms with van der Waals surface area (Å²) in [5.74, 6) is 0.0855. The number of rotatable bonds is 4. The van der Waals surface area contributed by atoms with Crippen molar-refractivity contribution in [2.24, 2.45) is 4.99 Å². The van der Waals surface area contributed by atoms with Crippen LogP contribution in [0.25, 0.3) is 10.9 Å². The lowest BCUT2D eigenvalue weighted by atomic mass is 9.93. The first-order valence-electron chi connectivity index (χ1n) is 10.8. The first-order chi connectivity index (χ1) is 14.3. The molecule has 29 heavy (non-hydrogen) atoms. The normalized spacial score (nSPS) is 17.7. The van der Waals surface area contributed by atoms with E-state index in [2.05, 4.69) is 22.4 Å². The maximum Gasteiger partial charge on any atom is 0.254 e. The van der Waals surface area contributed by atoms with Crippen molar-refractivity contribution in [3.8, 4) is 0 Å². The number of fused-ring (bicyclic) bond motifs is 2. The van der Waals surface area contributed by atoms with Crippen molar-refractivity contribution in [3.05, 3.63) is 52.0 Å². The van der Waals surface area contributed by atoms with Crippen LogP contribution in [0.4, 0.5) is 5.00 Å². The smallest absolute Gasteiger partial charge is 0.254 e. The van der Waals surface area contributed by atoms with Gasteiger partial charge in [0.15, 0.2) is 0 Å². The number of nitrogens with one attached hydrogen (secondary N) is 2. The van der Waals surface area contributed by atoms with Crippen LogP contribution in [0.5, 0.6) is 0 Å². The Morgan fingerprint density at radius 3 is 2.83 bits per heavy atom. The fourth-order valence-corrected chi connectivity index (χ4v) is 5.94. The summed E-state index contributed by atoms with van der Waals surface area (Å²) in [5.41, 5.74) is 4.26. The monoisotopic (exact) mass is 405 g/mol. The second-order valence-corrected chi connectivity index (χ2v) is 9.33. The lowest BCUT2D eigenvalue weighted by molar-refractivity contribution is 0.0927. The van der Waals surface area contributed by atoms with Gasteiger partial charge in [0.1, 0.15) is 5.00 Å². The number of carbonyl (C=O) groups excluding carboxylic acids is 1. The molecule has 1 amide bonds. The van der Waals surface area contributed by atoms with Gasteiger partial charge in [0, 0.05) is 39.8 Å². The van der Waals surface area contributed by atoms with Gasteiger partial charge in [-0.1, -0.05) is 37.5 Å². The summed E-state index contributed by atoms with van der Waals surface area (Å²) in [6, 6.07) is 8.56. The molecule has 2 aliphatic rings. The number of aryl methyl sites for hydroxylation is 1. The highest BCUT2D eigenvalue weighted by atomic mass is 32.1. The van der Waals surface area contributed by atoms with Crippen molar-refractivity contribution in [2.45, 2.75) is 63.8 Å². The molecule has 150 valence electrons. The number of hydrogen-bond acceptors (Lipinski definition) is 3. The second kappa shape index (κ2) is 8.15. The summed E-state index contributed by atoms with van der Waals surface area (Å²) in [6.45, 7) is 0. The average Bonchev–Trinajstić information content (AvgIpc) is 3.34. The molecule has 0 aliphatic heterocycles. The van der Waals surface area contributed by atoms with E-state index < -0.39 is 0 Å². The van der Waals surface area contributed by atoms with Gasteiger partial charge in [0.05, 0.1) is 5.56 Å². The minimum Gasteiger partial charge on any atom is -0.361 e. The lowest BCUT2D eigenvalue weighted by Gasteiger charge is -2.23. The topological polar surface area (TPSA) is 57.2 Å². The molecule has 2 aliphatic carbocycles.